The predicted octanol–water partition coefficient (Wildman–Crippen LogP) is 6.34. The summed E-state index contributed by atoms with van der Waals surface area (Å²) in [5.41, 5.74) is 1.86. The van der Waals surface area contributed by atoms with Gasteiger partial charge in [0.2, 0.25) is 5.91 Å². The van der Waals surface area contributed by atoms with Gasteiger partial charge < -0.3 is 10.0 Å². The number of aromatic carboxylic acids is 1. The van der Waals surface area contributed by atoms with E-state index >= 15 is 0 Å². The molecule has 2 saturated carbocycles. The van der Waals surface area contributed by atoms with Gasteiger partial charge in [-0.2, -0.15) is 0 Å². The number of allylic oxidation sites excluding steroid dienone is 2. The first-order valence-corrected chi connectivity index (χ1v) is 14.1. The van der Waals surface area contributed by atoms with Crippen LogP contribution in [0.25, 0.3) is 5.57 Å². The quantitative estimate of drug-likeness (QED) is 0.504. The number of thiophene rings is 1. The van der Waals surface area contributed by atoms with E-state index in [2.05, 4.69) is 23.3 Å². The van der Waals surface area contributed by atoms with Gasteiger partial charge in [-0.05, 0) is 94.6 Å². The number of nitrogens with zero attached hydrogens (tertiary/aromatic N) is 4. The Morgan fingerprint density at radius 2 is 1.86 bits per heavy atom. The summed E-state index contributed by atoms with van der Waals surface area (Å²) in [6.07, 6.45) is 17.6. The zero-order chi connectivity index (χ0) is 24.4. The van der Waals surface area contributed by atoms with E-state index in [1.54, 1.807) is 6.20 Å². The number of carboxylic acids is 1. The minimum atomic E-state index is -0.931. The minimum Gasteiger partial charge on any atom is -0.477 e. The van der Waals surface area contributed by atoms with Crippen LogP contribution in [0.4, 0.5) is 5.69 Å². The van der Waals surface area contributed by atoms with E-state index in [9.17, 15) is 14.7 Å². The lowest BCUT2D eigenvalue weighted by atomic mass is 9.81. The lowest BCUT2D eigenvalue weighted by Crippen LogP contribution is -2.46. The molecule has 2 aromatic heterocycles. The minimum absolute atomic E-state index is 0.0156. The molecule has 2 aromatic rings. The van der Waals surface area contributed by atoms with Gasteiger partial charge >= 0.3 is 5.97 Å². The van der Waals surface area contributed by atoms with Crippen LogP contribution in [0.2, 0.25) is 0 Å². The van der Waals surface area contributed by atoms with Crippen LogP contribution >= 0.6 is 11.3 Å². The first-order chi connectivity index (χ1) is 17.0. The van der Waals surface area contributed by atoms with E-state index in [1.165, 1.54) is 23.3 Å². The lowest BCUT2D eigenvalue weighted by molar-refractivity contribution is -0.124. The molecule has 0 saturated heterocycles. The number of hydrogen-bond donors (Lipinski definition) is 1. The molecule has 0 aliphatic heterocycles. The Hall–Kier alpha value is -2.48. The fourth-order valence-corrected chi connectivity index (χ4v) is 7.18. The van der Waals surface area contributed by atoms with Crippen molar-refractivity contribution in [3.8, 4) is 0 Å². The highest BCUT2D eigenvalue weighted by atomic mass is 32.1. The van der Waals surface area contributed by atoms with Crippen molar-refractivity contribution >= 4 is 34.5 Å². The Morgan fingerprint density at radius 3 is 2.49 bits per heavy atom. The third-order valence-corrected chi connectivity index (χ3v) is 9.41. The molecule has 0 aromatic carbocycles. The van der Waals surface area contributed by atoms with Crippen molar-refractivity contribution < 1.29 is 14.7 Å². The van der Waals surface area contributed by atoms with Crippen molar-refractivity contribution in [1.29, 1.82) is 0 Å². The average molecular weight is 497 g/mol. The van der Waals surface area contributed by atoms with Crippen LogP contribution in [0.3, 0.4) is 0 Å². The van der Waals surface area contributed by atoms with Gasteiger partial charge in [0.15, 0.2) is 0 Å². The summed E-state index contributed by atoms with van der Waals surface area (Å²) in [4.78, 5) is 29.7. The van der Waals surface area contributed by atoms with Crippen molar-refractivity contribution in [2.75, 3.05) is 4.90 Å². The second kappa shape index (κ2) is 10.6. The zero-order valence-corrected chi connectivity index (χ0v) is 21.4. The van der Waals surface area contributed by atoms with Crippen LogP contribution in [-0.2, 0) is 4.79 Å². The van der Waals surface area contributed by atoms with E-state index in [-0.39, 0.29) is 23.9 Å². The highest BCUT2D eigenvalue weighted by molar-refractivity contribution is 7.15. The predicted molar refractivity (Wildman–Crippen MR) is 138 cm³/mol. The summed E-state index contributed by atoms with van der Waals surface area (Å²) in [5, 5.41) is 18.3. The van der Waals surface area contributed by atoms with Crippen molar-refractivity contribution in [3.05, 3.63) is 34.3 Å². The molecule has 2 fully saturated rings. The second-order valence-corrected chi connectivity index (χ2v) is 11.7. The summed E-state index contributed by atoms with van der Waals surface area (Å²) in [6.45, 7) is 2.26. The number of carbonyl (C=O) groups excluding carboxylic acids is 1. The Bertz CT molecular complexity index is 1060. The molecule has 0 unspecified atom stereocenters. The Labute approximate surface area is 211 Å². The molecule has 3 aliphatic rings. The molecule has 35 heavy (non-hydrogen) atoms. The molecule has 188 valence electrons. The van der Waals surface area contributed by atoms with E-state index in [0.29, 0.717) is 16.5 Å². The largest absolute Gasteiger partial charge is 0.477 e. The SMILES string of the molecule is CC1CCC(C(=O)N(c2cc(C3=CCCCC3)sc2C(=O)O)C2CCC(n3ccnn3)CC2)CC1. The summed E-state index contributed by atoms with van der Waals surface area (Å²) in [7, 11) is 0. The lowest BCUT2D eigenvalue weighted by Gasteiger charge is -2.39. The second-order valence-electron chi connectivity index (χ2n) is 10.6. The van der Waals surface area contributed by atoms with Crippen LogP contribution in [0.5, 0.6) is 0 Å². The molecule has 5 rings (SSSR count). The molecule has 0 bridgehead atoms. The zero-order valence-electron chi connectivity index (χ0n) is 20.6. The van der Waals surface area contributed by atoms with Crippen LogP contribution in [-0.4, -0.2) is 38.0 Å². The Kier molecular flexibility index (Phi) is 7.37. The van der Waals surface area contributed by atoms with Crippen molar-refractivity contribution in [1.82, 2.24) is 15.0 Å². The summed E-state index contributed by atoms with van der Waals surface area (Å²) < 4.78 is 1.92. The molecule has 8 heteroatoms. The Morgan fingerprint density at radius 1 is 1.09 bits per heavy atom. The maximum atomic E-state index is 14.1. The molecule has 0 radical (unpaired) electrons. The topological polar surface area (TPSA) is 88.3 Å². The van der Waals surface area contributed by atoms with Gasteiger partial charge in [0.25, 0.3) is 0 Å². The number of carbonyl (C=O) groups is 2. The van der Waals surface area contributed by atoms with Crippen molar-refractivity contribution in [2.24, 2.45) is 11.8 Å². The fraction of sp³-hybridized carbons (Fsp3) is 0.630. The molecule has 2 heterocycles. The van der Waals surface area contributed by atoms with E-state index in [4.69, 9.17) is 0 Å². The number of anilines is 1. The van der Waals surface area contributed by atoms with Crippen LogP contribution in [0.1, 0.15) is 105 Å². The highest BCUT2D eigenvalue weighted by Gasteiger charge is 2.38. The maximum absolute atomic E-state index is 14.1. The standard InChI is InChI=1S/C27H36N4O3S/c1-18-7-9-20(10-8-18)26(32)31(22-13-11-21(12-14-22)30-16-15-28-29-30)23-17-24(35-25(23)27(33)34)19-5-3-2-4-6-19/h5,15-18,20-22H,2-4,6-14H2,1H3,(H,33,34). The first kappa shape index (κ1) is 24.2. The summed E-state index contributed by atoms with van der Waals surface area (Å²) in [6, 6.07) is 2.31. The van der Waals surface area contributed by atoms with Gasteiger partial charge in [0, 0.05) is 23.0 Å². The molecule has 0 spiro atoms. The molecule has 1 N–H and O–H groups in total. The maximum Gasteiger partial charge on any atom is 0.348 e. The number of aromatic nitrogens is 3. The highest BCUT2D eigenvalue weighted by Crippen LogP contribution is 2.42. The van der Waals surface area contributed by atoms with E-state index in [0.717, 1.165) is 75.5 Å². The number of rotatable bonds is 6. The third-order valence-electron chi connectivity index (χ3n) is 8.22. The number of carboxylic acid groups (broad SMARTS) is 1. The van der Waals surface area contributed by atoms with E-state index in [1.807, 2.05) is 21.8 Å². The van der Waals surface area contributed by atoms with Crippen LogP contribution in [0.15, 0.2) is 24.5 Å². The van der Waals surface area contributed by atoms with Gasteiger partial charge in [-0.25, -0.2) is 9.48 Å². The summed E-state index contributed by atoms with van der Waals surface area (Å²) in [5.74, 6) is -0.158. The first-order valence-electron chi connectivity index (χ1n) is 13.3. The molecular formula is C27H36N4O3S. The van der Waals surface area contributed by atoms with Crippen molar-refractivity contribution in [2.45, 2.75) is 96.1 Å². The van der Waals surface area contributed by atoms with Crippen LogP contribution < -0.4 is 4.90 Å². The molecule has 3 aliphatic carbocycles. The van der Waals surface area contributed by atoms with Crippen LogP contribution in [0, 0.1) is 11.8 Å². The summed E-state index contributed by atoms with van der Waals surface area (Å²) >= 11 is 1.35. The van der Waals surface area contributed by atoms with Gasteiger partial charge in [0.05, 0.1) is 17.9 Å². The van der Waals surface area contributed by atoms with Gasteiger partial charge in [0.1, 0.15) is 4.88 Å². The number of amides is 1. The van der Waals surface area contributed by atoms with Crippen molar-refractivity contribution in [3.63, 3.8) is 0 Å². The monoisotopic (exact) mass is 496 g/mol. The van der Waals surface area contributed by atoms with E-state index < -0.39 is 5.97 Å². The normalized spacial score (nSPS) is 27.3. The average Bonchev–Trinajstić information content (AvgIpc) is 3.57. The van der Waals surface area contributed by atoms with Gasteiger partial charge in [-0.3, -0.25) is 4.79 Å². The fourth-order valence-electron chi connectivity index (χ4n) is 6.13. The molecule has 0 atom stereocenters. The van der Waals surface area contributed by atoms with Gasteiger partial charge in [-0.1, -0.05) is 18.2 Å². The number of hydrogen-bond acceptors (Lipinski definition) is 5. The Balaban J connectivity index is 1.46. The molecule has 1 amide bonds. The molecular weight excluding hydrogens is 460 g/mol. The van der Waals surface area contributed by atoms with Gasteiger partial charge in [-0.15, -0.1) is 16.4 Å². The third kappa shape index (κ3) is 5.22. The smallest absolute Gasteiger partial charge is 0.348 e. The molecule has 7 nitrogen and oxygen atoms in total.